The first-order valence-corrected chi connectivity index (χ1v) is 8.90. The van der Waals surface area contributed by atoms with E-state index in [1.807, 2.05) is 48.5 Å². The first-order valence-electron chi connectivity index (χ1n) is 6.95. The highest BCUT2D eigenvalue weighted by molar-refractivity contribution is 9.10. The molecule has 2 aromatic rings. The Bertz CT molecular complexity index is 675. The fourth-order valence-electron chi connectivity index (χ4n) is 1.79. The van der Waals surface area contributed by atoms with Gasteiger partial charge in [-0.2, -0.15) is 5.10 Å². The standard InChI is InChI=1S/C17H17BrN2O2S/c1-22-16-7-5-13(6-8-16)10-19-20-17(21)12-23-11-14-3-2-4-15(18)9-14/h2-10H,11-12H2,1H3,(H,20,21)/b19-10-. The van der Waals surface area contributed by atoms with Gasteiger partial charge in [0.05, 0.1) is 19.1 Å². The predicted octanol–water partition coefficient (Wildman–Crippen LogP) is 3.84. The molecule has 1 amide bonds. The summed E-state index contributed by atoms with van der Waals surface area (Å²) in [6.45, 7) is 0. The molecule has 0 unspecified atom stereocenters. The van der Waals surface area contributed by atoms with Gasteiger partial charge in [-0.05, 0) is 47.5 Å². The zero-order valence-electron chi connectivity index (χ0n) is 12.7. The molecule has 0 aliphatic heterocycles. The Kier molecular flexibility index (Phi) is 7.16. The molecule has 1 N–H and O–H groups in total. The summed E-state index contributed by atoms with van der Waals surface area (Å²) >= 11 is 4.98. The van der Waals surface area contributed by atoms with Gasteiger partial charge in [0.2, 0.25) is 5.91 Å². The van der Waals surface area contributed by atoms with Crippen molar-refractivity contribution in [1.29, 1.82) is 0 Å². The van der Waals surface area contributed by atoms with Crippen LogP contribution < -0.4 is 10.2 Å². The molecule has 0 heterocycles. The Morgan fingerprint density at radius 3 is 2.78 bits per heavy atom. The SMILES string of the molecule is COc1ccc(/C=N\NC(=O)CSCc2cccc(Br)c2)cc1. The molecule has 4 nitrogen and oxygen atoms in total. The second kappa shape index (κ2) is 9.37. The molecule has 0 saturated heterocycles. The van der Waals surface area contributed by atoms with Gasteiger partial charge in [0.15, 0.2) is 0 Å². The van der Waals surface area contributed by atoms with Crippen LogP contribution in [0.15, 0.2) is 58.1 Å². The lowest BCUT2D eigenvalue weighted by molar-refractivity contribution is -0.118. The smallest absolute Gasteiger partial charge is 0.250 e. The van der Waals surface area contributed by atoms with E-state index in [4.69, 9.17) is 4.74 Å². The van der Waals surface area contributed by atoms with Gasteiger partial charge < -0.3 is 4.74 Å². The predicted molar refractivity (Wildman–Crippen MR) is 99.0 cm³/mol. The number of hydrogen-bond donors (Lipinski definition) is 1. The van der Waals surface area contributed by atoms with Crippen LogP contribution in [0.4, 0.5) is 0 Å². The summed E-state index contributed by atoms with van der Waals surface area (Å²) in [5, 5.41) is 3.95. The lowest BCUT2D eigenvalue weighted by Crippen LogP contribution is -2.19. The van der Waals surface area contributed by atoms with Gasteiger partial charge in [-0.1, -0.05) is 28.1 Å². The van der Waals surface area contributed by atoms with Gasteiger partial charge in [-0.3, -0.25) is 4.79 Å². The lowest BCUT2D eigenvalue weighted by Gasteiger charge is -2.02. The van der Waals surface area contributed by atoms with E-state index >= 15 is 0 Å². The van der Waals surface area contributed by atoms with E-state index in [2.05, 4.69) is 26.5 Å². The Hall–Kier alpha value is -1.79. The molecule has 0 aliphatic rings. The first kappa shape index (κ1) is 17.6. The van der Waals surface area contributed by atoms with Crippen LogP contribution in [0.3, 0.4) is 0 Å². The molecule has 0 radical (unpaired) electrons. The second-order valence-corrected chi connectivity index (χ2v) is 6.59. The number of benzene rings is 2. The maximum atomic E-state index is 11.7. The van der Waals surface area contributed by atoms with E-state index < -0.39 is 0 Å². The quantitative estimate of drug-likeness (QED) is 0.575. The van der Waals surface area contributed by atoms with E-state index in [0.29, 0.717) is 5.75 Å². The van der Waals surface area contributed by atoms with Crippen LogP contribution in [0.2, 0.25) is 0 Å². The Morgan fingerprint density at radius 1 is 1.30 bits per heavy atom. The summed E-state index contributed by atoms with van der Waals surface area (Å²) in [6.07, 6.45) is 1.61. The third kappa shape index (κ3) is 6.46. The minimum absolute atomic E-state index is 0.116. The van der Waals surface area contributed by atoms with E-state index in [0.717, 1.165) is 21.5 Å². The fraction of sp³-hybridized carbons (Fsp3) is 0.176. The highest BCUT2D eigenvalue weighted by atomic mass is 79.9. The number of ether oxygens (including phenoxy) is 1. The van der Waals surface area contributed by atoms with E-state index in [9.17, 15) is 4.79 Å². The molecule has 23 heavy (non-hydrogen) atoms. The molecule has 2 rings (SSSR count). The Balaban J connectivity index is 1.71. The van der Waals surface area contributed by atoms with Gasteiger partial charge >= 0.3 is 0 Å². The van der Waals surface area contributed by atoms with E-state index in [1.165, 1.54) is 5.56 Å². The fourth-order valence-corrected chi connectivity index (χ4v) is 3.00. The average molecular weight is 393 g/mol. The van der Waals surface area contributed by atoms with Crippen LogP contribution in [0.25, 0.3) is 0 Å². The van der Waals surface area contributed by atoms with Crippen LogP contribution in [0.5, 0.6) is 5.75 Å². The van der Waals surface area contributed by atoms with Crippen molar-refractivity contribution in [2.45, 2.75) is 5.75 Å². The summed E-state index contributed by atoms with van der Waals surface area (Å²) in [7, 11) is 1.62. The third-order valence-electron chi connectivity index (χ3n) is 2.91. The largest absolute Gasteiger partial charge is 0.497 e. The molecule has 0 aliphatic carbocycles. The van der Waals surface area contributed by atoms with Gasteiger partial charge in [-0.25, -0.2) is 5.43 Å². The highest BCUT2D eigenvalue weighted by Crippen LogP contribution is 2.16. The van der Waals surface area contributed by atoms with E-state index in [1.54, 1.807) is 25.1 Å². The molecule has 0 aromatic heterocycles. The van der Waals surface area contributed by atoms with Crippen LogP contribution in [-0.2, 0) is 10.5 Å². The number of nitrogens with one attached hydrogen (secondary N) is 1. The molecule has 0 atom stereocenters. The number of halogens is 1. The number of amides is 1. The zero-order chi connectivity index (χ0) is 16.5. The topological polar surface area (TPSA) is 50.7 Å². The molecular formula is C17H17BrN2O2S. The summed E-state index contributed by atoms with van der Waals surface area (Å²) in [6, 6.07) is 15.5. The lowest BCUT2D eigenvalue weighted by atomic mass is 10.2. The summed E-state index contributed by atoms with van der Waals surface area (Å²) in [4.78, 5) is 11.7. The highest BCUT2D eigenvalue weighted by Gasteiger charge is 2.01. The molecule has 6 heteroatoms. The minimum atomic E-state index is -0.116. The monoisotopic (exact) mass is 392 g/mol. The van der Waals surface area contributed by atoms with Crippen molar-refractivity contribution in [3.8, 4) is 5.75 Å². The number of methoxy groups -OCH3 is 1. The molecule has 0 bridgehead atoms. The van der Waals surface area contributed by atoms with Crippen molar-refractivity contribution in [3.05, 3.63) is 64.1 Å². The minimum Gasteiger partial charge on any atom is -0.497 e. The maximum absolute atomic E-state index is 11.7. The number of carbonyl (C=O) groups excluding carboxylic acids is 1. The molecule has 2 aromatic carbocycles. The van der Waals surface area contributed by atoms with Crippen LogP contribution >= 0.6 is 27.7 Å². The summed E-state index contributed by atoms with van der Waals surface area (Å²) < 4.78 is 6.13. The first-order chi connectivity index (χ1) is 11.2. The van der Waals surface area contributed by atoms with Crippen molar-refractivity contribution >= 4 is 39.8 Å². The molecule has 0 spiro atoms. The number of thioether (sulfide) groups is 1. The van der Waals surface area contributed by atoms with E-state index in [-0.39, 0.29) is 5.91 Å². The summed E-state index contributed by atoms with van der Waals surface area (Å²) in [5.41, 5.74) is 4.60. The molecule has 0 saturated carbocycles. The average Bonchev–Trinajstić information content (AvgIpc) is 2.55. The number of nitrogens with zero attached hydrogens (tertiary/aromatic N) is 1. The number of hydrogen-bond acceptors (Lipinski definition) is 4. The molecular weight excluding hydrogens is 376 g/mol. The van der Waals surface area contributed by atoms with Crippen molar-refractivity contribution < 1.29 is 9.53 Å². The molecule has 120 valence electrons. The van der Waals surface area contributed by atoms with Gasteiger partial charge in [0, 0.05) is 10.2 Å². The van der Waals surface area contributed by atoms with Crippen molar-refractivity contribution in [2.24, 2.45) is 5.10 Å². The third-order valence-corrected chi connectivity index (χ3v) is 4.41. The van der Waals surface area contributed by atoms with Gasteiger partial charge in [0.25, 0.3) is 0 Å². The Morgan fingerprint density at radius 2 is 2.09 bits per heavy atom. The number of rotatable bonds is 7. The van der Waals surface area contributed by atoms with Gasteiger partial charge in [0.1, 0.15) is 5.75 Å². The van der Waals surface area contributed by atoms with Gasteiger partial charge in [-0.15, -0.1) is 11.8 Å². The van der Waals surface area contributed by atoms with Crippen molar-refractivity contribution in [1.82, 2.24) is 5.43 Å². The maximum Gasteiger partial charge on any atom is 0.250 e. The Labute approximate surface area is 148 Å². The number of hydrazone groups is 1. The summed E-state index contributed by atoms with van der Waals surface area (Å²) in [5.74, 6) is 1.83. The van der Waals surface area contributed by atoms with Crippen LogP contribution in [0.1, 0.15) is 11.1 Å². The number of carbonyl (C=O) groups is 1. The second-order valence-electron chi connectivity index (χ2n) is 4.69. The van der Waals surface area contributed by atoms with Crippen molar-refractivity contribution in [2.75, 3.05) is 12.9 Å². The molecule has 0 fully saturated rings. The zero-order valence-corrected chi connectivity index (χ0v) is 15.1. The van der Waals surface area contributed by atoms with Crippen LogP contribution in [0, 0.1) is 0 Å². The normalized spacial score (nSPS) is 10.7. The van der Waals surface area contributed by atoms with Crippen molar-refractivity contribution in [3.63, 3.8) is 0 Å². The van der Waals surface area contributed by atoms with Crippen LogP contribution in [-0.4, -0.2) is 25.0 Å².